The van der Waals surface area contributed by atoms with Gasteiger partial charge in [0.25, 0.3) is 5.56 Å². The predicted octanol–water partition coefficient (Wildman–Crippen LogP) is 2.29. The molecule has 1 aromatic carbocycles. The largest absolute Gasteiger partial charge is 0.354 e. The third-order valence-corrected chi connectivity index (χ3v) is 6.47. The average molecular weight is 460 g/mol. The molecular weight excluding hydrogens is 430 g/mol. The Balaban J connectivity index is 1.48. The molecule has 4 rings (SSSR count). The molecule has 1 amide bonds. The summed E-state index contributed by atoms with van der Waals surface area (Å²) in [4.78, 5) is 34.9. The van der Waals surface area contributed by atoms with Crippen LogP contribution < -0.4 is 15.8 Å². The minimum absolute atomic E-state index is 0.213. The molecule has 2 aromatic heterocycles. The number of pyridine rings is 1. The molecule has 0 bridgehead atoms. The number of hydrogen-bond donors (Lipinski definition) is 1. The van der Waals surface area contributed by atoms with E-state index in [1.807, 2.05) is 44.2 Å². The molecule has 1 atom stereocenters. The van der Waals surface area contributed by atoms with E-state index in [2.05, 4.69) is 26.2 Å². The quantitative estimate of drug-likeness (QED) is 0.629. The Morgan fingerprint density at radius 2 is 1.88 bits per heavy atom. The van der Waals surface area contributed by atoms with E-state index in [0.29, 0.717) is 35.9 Å². The monoisotopic (exact) mass is 459 g/mol. The van der Waals surface area contributed by atoms with E-state index in [1.165, 1.54) is 0 Å². The summed E-state index contributed by atoms with van der Waals surface area (Å²) in [5, 5.41) is 12.3. The second-order valence-corrected chi connectivity index (χ2v) is 8.46. The number of rotatable bonds is 5. The number of aromatic nitrogens is 3. The Morgan fingerprint density at radius 3 is 2.62 bits per heavy atom. The van der Waals surface area contributed by atoms with Crippen LogP contribution in [-0.4, -0.2) is 57.4 Å². The Morgan fingerprint density at radius 1 is 1.12 bits per heavy atom. The van der Waals surface area contributed by atoms with Gasteiger partial charge in [-0.05, 0) is 44.5 Å². The van der Waals surface area contributed by atoms with Gasteiger partial charge in [-0.15, -0.1) is 0 Å². The lowest BCUT2D eigenvalue weighted by molar-refractivity contribution is -0.120. The number of anilines is 2. The fourth-order valence-electron chi connectivity index (χ4n) is 4.38. The lowest BCUT2D eigenvalue weighted by atomic mass is 10.2. The number of carbonyl (C=O) groups is 1. The number of carbonyl (C=O) groups excluding carboxylic acids is 1. The molecule has 1 aliphatic heterocycles. The highest BCUT2D eigenvalue weighted by molar-refractivity contribution is 5.95. The summed E-state index contributed by atoms with van der Waals surface area (Å²) >= 11 is 0. The number of nitrogens with one attached hydrogen (secondary N) is 1. The van der Waals surface area contributed by atoms with Gasteiger partial charge < -0.3 is 10.2 Å². The number of hydrogen-bond acceptors (Lipinski definition) is 6. The molecule has 0 spiro atoms. The van der Waals surface area contributed by atoms with Crippen molar-refractivity contribution in [3.63, 3.8) is 0 Å². The van der Waals surface area contributed by atoms with Gasteiger partial charge in [-0.3, -0.25) is 19.2 Å². The summed E-state index contributed by atoms with van der Waals surface area (Å²) in [6.45, 7) is 6.50. The molecule has 1 aliphatic rings. The van der Waals surface area contributed by atoms with E-state index in [9.17, 15) is 14.9 Å². The van der Waals surface area contributed by atoms with Crippen molar-refractivity contribution in [3.8, 4) is 11.8 Å². The second-order valence-electron chi connectivity index (χ2n) is 8.46. The number of amides is 1. The molecule has 176 valence electrons. The van der Waals surface area contributed by atoms with Gasteiger partial charge in [-0.1, -0.05) is 18.2 Å². The van der Waals surface area contributed by atoms with Crippen LogP contribution in [0.4, 0.5) is 11.5 Å². The maximum Gasteiger partial charge on any atom is 0.295 e. The maximum absolute atomic E-state index is 13.2. The zero-order chi connectivity index (χ0) is 24.2. The van der Waals surface area contributed by atoms with Crippen molar-refractivity contribution < 1.29 is 4.79 Å². The number of para-hydroxylation sites is 1. The first-order valence-corrected chi connectivity index (χ1v) is 11.4. The molecule has 0 saturated carbocycles. The first kappa shape index (κ1) is 23.3. The van der Waals surface area contributed by atoms with Gasteiger partial charge in [-0.2, -0.15) is 5.26 Å². The van der Waals surface area contributed by atoms with Crippen LogP contribution in [0.1, 0.15) is 24.6 Å². The molecule has 3 heterocycles. The first-order chi connectivity index (χ1) is 16.4. The van der Waals surface area contributed by atoms with Crippen molar-refractivity contribution in [2.45, 2.75) is 26.3 Å². The van der Waals surface area contributed by atoms with Gasteiger partial charge >= 0.3 is 0 Å². The van der Waals surface area contributed by atoms with Crippen LogP contribution in [0, 0.1) is 18.3 Å². The zero-order valence-corrected chi connectivity index (χ0v) is 19.7. The van der Waals surface area contributed by atoms with Crippen LogP contribution in [0.3, 0.4) is 0 Å². The predicted molar refractivity (Wildman–Crippen MR) is 131 cm³/mol. The van der Waals surface area contributed by atoms with Gasteiger partial charge in [-0.25, -0.2) is 9.67 Å². The number of benzene rings is 1. The molecule has 1 fully saturated rings. The molecular formula is C25H29N7O2. The van der Waals surface area contributed by atoms with Gasteiger partial charge in [0.05, 0.1) is 23.0 Å². The van der Waals surface area contributed by atoms with Crippen LogP contribution in [0.25, 0.3) is 5.69 Å². The SMILES string of the molecule is Cc1c(NC(=O)C(C)N2CCCN(c3ncccc3C#N)CC2)c(=O)n(-c2ccccc2)n1C. The Kier molecular flexibility index (Phi) is 6.80. The third kappa shape index (κ3) is 4.45. The lowest BCUT2D eigenvalue weighted by Crippen LogP contribution is -2.44. The fourth-order valence-corrected chi connectivity index (χ4v) is 4.38. The topological polar surface area (TPSA) is 99.2 Å². The Bertz CT molecular complexity index is 1270. The summed E-state index contributed by atoms with van der Waals surface area (Å²) in [6, 6.07) is 14.7. The minimum atomic E-state index is -0.414. The molecule has 3 aromatic rings. The van der Waals surface area contributed by atoms with Gasteiger partial charge in [0, 0.05) is 39.4 Å². The summed E-state index contributed by atoms with van der Waals surface area (Å²) < 4.78 is 3.31. The van der Waals surface area contributed by atoms with E-state index in [0.717, 1.165) is 25.2 Å². The van der Waals surface area contributed by atoms with Gasteiger partial charge in [0.2, 0.25) is 5.91 Å². The van der Waals surface area contributed by atoms with E-state index >= 15 is 0 Å². The number of nitriles is 1. The molecule has 1 saturated heterocycles. The molecule has 0 radical (unpaired) electrons. The Labute approximate surface area is 198 Å². The van der Waals surface area contributed by atoms with E-state index in [-0.39, 0.29) is 11.5 Å². The molecule has 9 heteroatoms. The molecule has 34 heavy (non-hydrogen) atoms. The van der Waals surface area contributed by atoms with Crippen molar-refractivity contribution in [1.29, 1.82) is 5.26 Å². The second kappa shape index (κ2) is 9.93. The zero-order valence-electron chi connectivity index (χ0n) is 19.7. The summed E-state index contributed by atoms with van der Waals surface area (Å²) in [5.74, 6) is 0.473. The normalized spacial score (nSPS) is 15.4. The van der Waals surface area contributed by atoms with Crippen molar-refractivity contribution in [1.82, 2.24) is 19.2 Å². The van der Waals surface area contributed by atoms with E-state index in [1.54, 1.807) is 34.7 Å². The Hall–Kier alpha value is -3.90. The highest BCUT2D eigenvalue weighted by Crippen LogP contribution is 2.20. The van der Waals surface area contributed by atoms with Crippen molar-refractivity contribution in [2.75, 3.05) is 36.4 Å². The highest BCUT2D eigenvalue weighted by atomic mass is 16.2. The number of nitrogens with zero attached hydrogens (tertiary/aromatic N) is 6. The van der Waals surface area contributed by atoms with Crippen molar-refractivity contribution in [2.24, 2.45) is 7.05 Å². The maximum atomic E-state index is 13.2. The first-order valence-electron chi connectivity index (χ1n) is 11.4. The fraction of sp³-hybridized carbons (Fsp3) is 0.360. The molecule has 9 nitrogen and oxygen atoms in total. The van der Waals surface area contributed by atoms with Crippen molar-refractivity contribution >= 4 is 17.4 Å². The lowest BCUT2D eigenvalue weighted by Gasteiger charge is -2.27. The van der Waals surface area contributed by atoms with Crippen LogP contribution in [-0.2, 0) is 11.8 Å². The van der Waals surface area contributed by atoms with Crippen LogP contribution in [0.15, 0.2) is 53.5 Å². The highest BCUT2D eigenvalue weighted by Gasteiger charge is 2.27. The average Bonchev–Trinajstić information content (AvgIpc) is 3.03. The van der Waals surface area contributed by atoms with E-state index < -0.39 is 6.04 Å². The molecule has 1 unspecified atom stereocenters. The standard InChI is InChI=1S/C25H29N7O2/c1-18-22(25(34)32(29(18)3)21-10-5-4-6-11-21)28-24(33)19(2)30-13-8-14-31(16-15-30)23-20(17-26)9-7-12-27-23/h4-7,9-12,19H,8,13-16H2,1-3H3,(H,28,33). The molecule has 1 N–H and O–H groups in total. The third-order valence-electron chi connectivity index (χ3n) is 6.47. The van der Waals surface area contributed by atoms with Crippen LogP contribution >= 0.6 is 0 Å². The van der Waals surface area contributed by atoms with E-state index in [4.69, 9.17) is 0 Å². The van der Waals surface area contributed by atoms with Gasteiger partial charge in [0.15, 0.2) is 0 Å². The smallest absolute Gasteiger partial charge is 0.295 e. The summed E-state index contributed by atoms with van der Waals surface area (Å²) in [5.41, 5.74) is 2.02. The van der Waals surface area contributed by atoms with Gasteiger partial charge in [0.1, 0.15) is 17.6 Å². The minimum Gasteiger partial charge on any atom is -0.354 e. The van der Waals surface area contributed by atoms with Crippen LogP contribution in [0.5, 0.6) is 0 Å². The summed E-state index contributed by atoms with van der Waals surface area (Å²) in [7, 11) is 1.80. The molecule has 0 aliphatic carbocycles. The van der Waals surface area contributed by atoms with Crippen LogP contribution in [0.2, 0.25) is 0 Å². The van der Waals surface area contributed by atoms with Crippen molar-refractivity contribution in [3.05, 3.63) is 70.3 Å². The summed E-state index contributed by atoms with van der Waals surface area (Å²) in [6.07, 6.45) is 2.53.